The number of hydrogen-bond acceptors (Lipinski definition) is 5. The molecule has 1 aliphatic rings. The molecule has 0 saturated carbocycles. The first-order chi connectivity index (χ1) is 16.6. The van der Waals surface area contributed by atoms with Crippen molar-refractivity contribution < 1.29 is 19.1 Å². The number of para-hydroxylation sites is 1. The Bertz CT molecular complexity index is 1080. The number of halogens is 1. The van der Waals surface area contributed by atoms with Crippen LogP contribution in [0.25, 0.3) is 0 Å². The topological polar surface area (TPSA) is 71.4 Å². The van der Waals surface area contributed by atoms with Crippen molar-refractivity contribution in [1.29, 1.82) is 0 Å². The van der Waals surface area contributed by atoms with Crippen LogP contribution in [0.2, 0.25) is 5.02 Å². The Labute approximate surface area is 212 Å². The van der Waals surface area contributed by atoms with Crippen LogP contribution < -0.4 is 4.74 Å². The monoisotopic (exact) mass is 499 g/mol. The van der Waals surface area contributed by atoms with Gasteiger partial charge in [-0.3, -0.25) is 9.59 Å². The van der Waals surface area contributed by atoms with Gasteiger partial charge in [0.1, 0.15) is 12.3 Å². The molecule has 0 saturated heterocycles. The fourth-order valence-corrected chi connectivity index (χ4v) is 4.32. The number of methoxy groups -OCH3 is 2. The lowest BCUT2D eigenvalue weighted by Gasteiger charge is -2.29. The average molecular weight is 500 g/mol. The number of benzene rings is 2. The van der Waals surface area contributed by atoms with Gasteiger partial charge < -0.3 is 14.4 Å². The first kappa shape index (κ1) is 26.7. The summed E-state index contributed by atoms with van der Waals surface area (Å²) in [5.74, 6) is 0.304. The second-order valence-electron chi connectivity index (χ2n) is 9.77. The van der Waals surface area contributed by atoms with E-state index in [2.05, 4.69) is 0 Å². The first-order valence-corrected chi connectivity index (χ1v) is 12.1. The molecule has 1 unspecified atom stereocenters. The molecular weight excluding hydrogens is 466 g/mol. The Morgan fingerprint density at radius 1 is 1.11 bits per heavy atom. The Hall–Kier alpha value is -2.90. The van der Waals surface area contributed by atoms with E-state index in [4.69, 9.17) is 26.2 Å². The molecule has 188 valence electrons. The van der Waals surface area contributed by atoms with Crippen LogP contribution in [0.1, 0.15) is 50.8 Å². The van der Waals surface area contributed by atoms with E-state index in [1.165, 1.54) is 5.01 Å². The molecule has 2 aromatic rings. The Balaban J connectivity index is 1.94. The lowest BCUT2D eigenvalue weighted by molar-refractivity contribution is -0.143. The van der Waals surface area contributed by atoms with E-state index in [1.54, 1.807) is 25.2 Å². The van der Waals surface area contributed by atoms with Crippen molar-refractivity contribution in [2.45, 2.75) is 39.7 Å². The maximum atomic E-state index is 13.6. The molecule has 35 heavy (non-hydrogen) atoms. The molecule has 0 radical (unpaired) electrons. The summed E-state index contributed by atoms with van der Waals surface area (Å²) in [6.45, 7) is 6.57. The summed E-state index contributed by atoms with van der Waals surface area (Å²) in [7, 11) is 3.18. The second kappa shape index (κ2) is 11.7. The summed E-state index contributed by atoms with van der Waals surface area (Å²) in [5.41, 5.74) is 2.14. The van der Waals surface area contributed by atoms with Gasteiger partial charge in [0.25, 0.3) is 5.91 Å². The van der Waals surface area contributed by atoms with Gasteiger partial charge in [0.05, 0.1) is 25.5 Å². The van der Waals surface area contributed by atoms with Crippen molar-refractivity contribution in [3.05, 3.63) is 64.7 Å². The number of carbonyl (C=O) groups excluding carboxylic acids is 2. The van der Waals surface area contributed by atoms with Crippen LogP contribution in [0.5, 0.6) is 5.75 Å². The number of carbonyl (C=O) groups is 2. The minimum Gasteiger partial charge on any atom is -0.496 e. The predicted molar refractivity (Wildman–Crippen MR) is 138 cm³/mol. The molecule has 0 aliphatic carbocycles. The van der Waals surface area contributed by atoms with Gasteiger partial charge in [-0.15, -0.1) is 0 Å². The predicted octanol–water partition coefficient (Wildman–Crippen LogP) is 4.94. The van der Waals surface area contributed by atoms with Gasteiger partial charge in [0.15, 0.2) is 0 Å². The van der Waals surface area contributed by atoms with Gasteiger partial charge in [0, 0.05) is 42.6 Å². The molecule has 3 rings (SSSR count). The molecule has 1 heterocycles. The van der Waals surface area contributed by atoms with E-state index in [1.807, 2.05) is 63.2 Å². The minimum atomic E-state index is -0.382. The maximum Gasteiger partial charge on any atom is 0.262 e. The van der Waals surface area contributed by atoms with Crippen LogP contribution in [0.4, 0.5) is 0 Å². The van der Waals surface area contributed by atoms with Crippen LogP contribution in [0.15, 0.2) is 53.6 Å². The highest BCUT2D eigenvalue weighted by Crippen LogP contribution is 2.38. The van der Waals surface area contributed by atoms with Crippen molar-refractivity contribution in [3.63, 3.8) is 0 Å². The van der Waals surface area contributed by atoms with Gasteiger partial charge >= 0.3 is 0 Å². The van der Waals surface area contributed by atoms with Crippen LogP contribution in [0.3, 0.4) is 0 Å². The van der Waals surface area contributed by atoms with Crippen LogP contribution in [0, 0.1) is 5.41 Å². The fraction of sp³-hybridized carbons (Fsp3) is 0.444. The van der Waals surface area contributed by atoms with Crippen LogP contribution >= 0.6 is 11.6 Å². The largest absolute Gasteiger partial charge is 0.496 e. The lowest BCUT2D eigenvalue weighted by atomic mass is 9.91. The van der Waals surface area contributed by atoms with Crippen molar-refractivity contribution in [2.24, 2.45) is 10.5 Å². The molecule has 1 aliphatic heterocycles. The van der Waals surface area contributed by atoms with Gasteiger partial charge in [-0.05, 0) is 17.5 Å². The van der Waals surface area contributed by atoms with Crippen molar-refractivity contribution >= 4 is 29.1 Å². The standard InChI is InChI=1S/C27H34ClN3O4/c1-27(2,3)17-25(32)30(14-15-34-4)18-26(33)31-23(20-11-7-9-13-24(20)35-5)16-22(29-31)19-10-6-8-12-21(19)28/h6-13,23H,14-18H2,1-5H3. The molecule has 0 N–H and O–H groups in total. The molecule has 0 spiro atoms. The Morgan fingerprint density at radius 3 is 2.46 bits per heavy atom. The minimum absolute atomic E-state index is 0.0914. The van der Waals surface area contributed by atoms with Crippen LogP contribution in [-0.2, 0) is 14.3 Å². The van der Waals surface area contributed by atoms with E-state index in [9.17, 15) is 9.59 Å². The smallest absolute Gasteiger partial charge is 0.262 e. The SMILES string of the molecule is COCCN(CC(=O)N1N=C(c2ccccc2Cl)CC1c1ccccc1OC)C(=O)CC(C)(C)C. The van der Waals surface area contributed by atoms with Gasteiger partial charge in [-0.25, -0.2) is 5.01 Å². The third kappa shape index (κ3) is 6.83. The maximum absolute atomic E-state index is 13.6. The molecule has 0 fully saturated rings. The summed E-state index contributed by atoms with van der Waals surface area (Å²) in [5, 5.41) is 6.75. The highest BCUT2D eigenvalue weighted by atomic mass is 35.5. The van der Waals surface area contributed by atoms with Gasteiger partial charge in [0.2, 0.25) is 5.91 Å². The number of nitrogens with zero attached hydrogens (tertiary/aromatic N) is 3. The molecule has 7 nitrogen and oxygen atoms in total. The Kier molecular flexibility index (Phi) is 8.92. The van der Waals surface area contributed by atoms with E-state index >= 15 is 0 Å². The van der Waals surface area contributed by atoms with E-state index in [0.29, 0.717) is 42.5 Å². The quantitative estimate of drug-likeness (QED) is 0.490. The fourth-order valence-electron chi connectivity index (χ4n) is 4.08. The summed E-state index contributed by atoms with van der Waals surface area (Å²) in [4.78, 5) is 28.2. The molecular formula is C27H34ClN3O4. The van der Waals surface area contributed by atoms with E-state index in [-0.39, 0.29) is 29.8 Å². The normalized spacial score (nSPS) is 15.7. The third-order valence-electron chi connectivity index (χ3n) is 5.77. The zero-order chi connectivity index (χ0) is 25.6. The summed E-state index contributed by atoms with van der Waals surface area (Å²) in [6.07, 6.45) is 0.803. The van der Waals surface area contributed by atoms with Gasteiger partial charge in [-0.2, -0.15) is 5.10 Å². The number of ether oxygens (including phenoxy) is 2. The summed E-state index contributed by atoms with van der Waals surface area (Å²) in [6, 6.07) is 14.7. The molecule has 8 heteroatoms. The third-order valence-corrected chi connectivity index (χ3v) is 6.10. The van der Waals surface area contributed by atoms with Crippen molar-refractivity contribution in [3.8, 4) is 5.75 Å². The molecule has 0 aromatic heterocycles. The summed E-state index contributed by atoms with van der Waals surface area (Å²) >= 11 is 6.45. The molecule has 1 atom stereocenters. The first-order valence-electron chi connectivity index (χ1n) is 11.7. The highest BCUT2D eigenvalue weighted by Gasteiger charge is 2.36. The van der Waals surface area contributed by atoms with E-state index in [0.717, 1.165) is 11.1 Å². The van der Waals surface area contributed by atoms with Crippen molar-refractivity contribution in [1.82, 2.24) is 9.91 Å². The Morgan fingerprint density at radius 2 is 1.80 bits per heavy atom. The van der Waals surface area contributed by atoms with E-state index < -0.39 is 0 Å². The summed E-state index contributed by atoms with van der Waals surface area (Å²) < 4.78 is 10.8. The van der Waals surface area contributed by atoms with Crippen LogP contribution in [-0.4, -0.2) is 61.4 Å². The average Bonchev–Trinajstić information content (AvgIpc) is 3.26. The molecule has 0 bridgehead atoms. The number of amides is 2. The zero-order valence-electron chi connectivity index (χ0n) is 21.1. The number of rotatable bonds is 9. The molecule has 2 amide bonds. The lowest BCUT2D eigenvalue weighted by Crippen LogP contribution is -2.43. The van der Waals surface area contributed by atoms with Gasteiger partial charge in [-0.1, -0.05) is 68.8 Å². The number of hydrogen-bond donors (Lipinski definition) is 0. The molecule has 2 aromatic carbocycles. The highest BCUT2D eigenvalue weighted by molar-refractivity contribution is 6.34. The zero-order valence-corrected chi connectivity index (χ0v) is 21.8. The number of hydrazone groups is 1. The second-order valence-corrected chi connectivity index (χ2v) is 10.2. The van der Waals surface area contributed by atoms with Crippen molar-refractivity contribution in [2.75, 3.05) is 33.9 Å².